The maximum Gasteiger partial charge on any atom is 0.307 e. The molecule has 3 aromatic rings. The second-order valence-electron chi connectivity index (χ2n) is 12.8. The van der Waals surface area contributed by atoms with Gasteiger partial charge in [0.25, 0.3) is 0 Å². The van der Waals surface area contributed by atoms with Crippen LogP contribution in [0.5, 0.6) is 5.75 Å². The molecule has 0 aliphatic carbocycles. The number of hydrogen-bond donors (Lipinski definition) is 1. The average Bonchev–Trinajstić information content (AvgIpc) is 2.97. The number of anilines is 1. The number of nitrogens with zero attached hydrogens (tertiary/aromatic N) is 3. The number of pyridine rings is 1. The van der Waals surface area contributed by atoms with Crippen LogP contribution in [-0.4, -0.2) is 59.9 Å². The predicted molar refractivity (Wildman–Crippen MR) is 166 cm³/mol. The Morgan fingerprint density at radius 1 is 1.02 bits per heavy atom. The molecule has 2 saturated heterocycles. The number of halogens is 2. The lowest BCUT2D eigenvalue weighted by Gasteiger charge is -2.40. The van der Waals surface area contributed by atoms with Crippen molar-refractivity contribution in [1.29, 1.82) is 0 Å². The van der Waals surface area contributed by atoms with Crippen molar-refractivity contribution in [1.82, 2.24) is 9.88 Å². The first-order valence-corrected chi connectivity index (χ1v) is 15.4. The highest BCUT2D eigenvalue weighted by molar-refractivity contribution is 5.86. The summed E-state index contributed by atoms with van der Waals surface area (Å²) >= 11 is 0. The van der Waals surface area contributed by atoms with Gasteiger partial charge in [0, 0.05) is 56.0 Å². The molecule has 0 bridgehead atoms. The number of aliphatic carboxylic acids is 1. The molecule has 5 rings (SSSR count). The summed E-state index contributed by atoms with van der Waals surface area (Å²) in [5.41, 5.74) is 6.51. The molecule has 8 heteroatoms. The highest BCUT2D eigenvalue weighted by atomic mass is 19.1. The molecular formula is C35H43F2N3O3. The predicted octanol–water partition coefficient (Wildman–Crippen LogP) is 7.01. The Morgan fingerprint density at radius 3 is 2.30 bits per heavy atom. The smallest absolute Gasteiger partial charge is 0.307 e. The number of piperidine rings is 2. The molecule has 0 atom stereocenters. The van der Waals surface area contributed by atoms with Crippen molar-refractivity contribution in [2.75, 3.05) is 37.7 Å². The molecule has 2 aliphatic rings. The van der Waals surface area contributed by atoms with Crippen molar-refractivity contribution in [3.8, 4) is 16.9 Å². The van der Waals surface area contributed by atoms with Crippen LogP contribution in [0.3, 0.4) is 0 Å². The van der Waals surface area contributed by atoms with Crippen molar-refractivity contribution in [2.24, 2.45) is 5.41 Å². The fourth-order valence-electron chi connectivity index (χ4n) is 6.18. The van der Waals surface area contributed by atoms with Crippen molar-refractivity contribution >= 4 is 11.7 Å². The number of carboxylic acid groups (broad SMARTS) is 1. The Morgan fingerprint density at radius 2 is 1.67 bits per heavy atom. The van der Waals surface area contributed by atoms with E-state index in [1.54, 1.807) is 12.1 Å². The molecule has 2 fully saturated rings. The zero-order valence-electron chi connectivity index (χ0n) is 25.5. The van der Waals surface area contributed by atoms with Crippen molar-refractivity contribution in [3.05, 3.63) is 76.9 Å². The fourth-order valence-corrected chi connectivity index (χ4v) is 6.18. The quantitative estimate of drug-likeness (QED) is 0.274. The van der Waals surface area contributed by atoms with Gasteiger partial charge < -0.3 is 14.7 Å². The van der Waals surface area contributed by atoms with Crippen molar-refractivity contribution in [3.63, 3.8) is 0 Å². The summed E-state index contributed by atoms with van der Waals surface area (Å²) in [5, 5.41) is 9.90. The van der Waals surface area contributed by atoms with Crippen LogP contribution in [0.1, 0.15) is 62.0 Å². The van der Waals surface area contributed by atoms with E-state index < -0.39 is 12.1 Å². The van der Waals surface area contributed by atoms with Gasteiger partial charge >= 0.3 is 5.97 Å². The highest BCUT2D eigenvalue weighted by Crippen LogP contribution is 2.42. The number of benzene rings is 2. The molecule has 0 radical (unpaired) electrons. The molecule has 230 valence electrons. The lowest BCUT2D eigenvalue weighted by molar-refractivity contribution is -0.136. The highest BCUT2D eigenvalue weighted by Gasteiger charge is 2.31. The molecule has 1 aromatic heterocycles. The topological polar surface area (TPSA) is 65.9 Å². The summed E-state index contributed by atoms with van der Waals surface area (Å²) in [6.45, 7) is 10.6. The first-order chi connectivity index (χ1) is 20.6. The van der Waals surface area contributed by atoms with Crippen LogP contribution in [0.2, 0.25) is 0 Å². The molecule has 3 heterocycles. The van der Waals surface area contributed by atoms with Gasteiger partial charge in [-0.3, -0.25) is 14.7 Å². The molecule has 43 heavy (non-hydrogen) atoms. The summed E-state index contributed by atoms with van der Waals surface area (Å²) in [5.74, 6) is -0.405. The van der Waals surface area contributed by atoms with Gasteiger partial charge in [0.05, 0.1) is 24.4 Å². The first kappa shape index (κ1) is 30.9. The van der Waals surface area contributed by atoms with Gasteiger partial charge in [0.1, 0.15) is 17.7 Å². The number of rotatable bonds is 10. The Labute approximate surface area is 253 Å². The minimum absolute atomic E-state index is 0.0981. The van der Waals surface area contributed by atoms with Gasteiger partial charge in [0.15, 0.2) is 0 Å². The third kappa shape index (κ3) is 7.91. The molecule has 2 aliphatic heterocycles. The number of carboxylic acids is 1. The van der Waals surface area contributed by atoms with E-state index in [1.165, 1.54) is 12.1 Å². The van der Waals surface area contributed by atoms with Crippen LogP contribution < -0.4 is 9.64 Å². The second kappa shape index (κ2) is 13.4. The monoisotopic (exact) mass is 591 g/mol. The molecule has 6 nitrogen and oxygen atoms in total. The van der Waals surface area contributed by atoms with Gasteiger partial charge in [0.2, 0.25) is 0 Å². The number of aromatic nitrogens is 1. The zero-order chi connectivity index (χ0) is 30.6. The zero-order valence-corrected chi connectivity index (χ0v) is 25.5. The summed E-state index contributed by atoms with van der Waals surface area (Å²) in [6.07, 6.45) is 2.87. The standard InChI is InChI=1S/C35H43F2N3O3/c1-24-30(22-32(41)42)34(40-19-15-35(2,3)16-20-40)33(31(38-24)23-39-17-12-28(37)13-18-39)26-6-10-29(11-7-26)43-21-14-25-4-8-27(36)9-5-25/h4-11,28H,12-23H2,1-3H3,(H,41,42). The number of ether oxygens (including phenoxy) is 1. The lowest BCUT2D eigenvalue weighted by atomic mass is 9.82. The minimum atomic E-state index is -0.878. The van der Waals surface area contributed by atoms with E-state index in [0.717, 1.165) is 71.0 Å². The Bertz CT molecular complexity index is 1390. The molecule has 1 N–H and O–H groups in total. The van der Waals surface area contributed by atoms with Crippen LogP contribution in [-0.2, 0) is 24.2 Å². The van der Waals surface area contributed by atoms with Crippen LogP contribution >= 0.6 is 0 Å². The molecular weight excluding hydrogens is 548 g/mol. The van der Waals surface area contributed by atoms with Crippen LogP contribution in [0.15, 0.2) is 48.5 Å². The summed E-state index contributed by atoms with van der Waals surface area (Å²) in [4.78, 5) is 21.7. The van der Waals surface area contributed by atoms with Gasteiger partial charge in [-0.05, 0) is 73.4 Å². The third-order valence-corrected chi connectivity index (χ3v) is 8.92. The van der Waals surface area contributed by atoms with E-state index in [4.69, 9.17) is 9.72 Å². The van der Waals surface area contributed by atoms with E-state index in [-0.39, 0.29) is 17.7 Å². The largest absolute Gasteiger partial charge is 0.493 e. The van der Waals surface area contributed by atoms with Crippen LogP contribution in [0, 0.1) is 18.2 Å². The van der Waals surface area contributed by atoms with Gasteiger partial charge in [-0.25, -0.2) is 8.78 Å². The van der Waals surface area contributed by atoms with Crippen LogP contribution in [0.4, 0.5) is 14.5 Å². The van der Waals surface area contributed by atoms with Crippen molar-refractivity contribution < 1.29 is 23.4 Å². The van der Waals surface area contributed by atoms with Crippen LogP contribution in [0.25, 0.3) is 11.1 Å². The minimum Gasteiger partial charge on any atom is -0.493 e. The summed E-state index contributed by atoms with van der Waals surface area (Å²) in [6, 6.07) is 14.4. The molecule has 2 aromatic carbocycles. The Hall–Kier alpha value is -3.52. The van der Waals surface area contributed by atoms with E-state index in [9.17, 15) is 18.7 Å². The Balaban J connectivity index is 1.49. The Kier molecular flexibility index (Phi) is 9.65. The van der Waals surface area contributed by atoms with E-state index in [2.05, 4.69) is 23.6 Å². The van der Waals surface area contributed by atoms with E-state index in [0.29, 0.717) is 45.5 Å². The molecule has 0 spiro atoms. The van der Waals surface area contributed by atoms with Gasteiger partial charge in [-0.2, -0.15) is 0 Å². The normalized spacial score (nSPS) is 17.7. The first-order valence-electron chi connectivity index (χ1n) is 15.4. The van der Waals surface area contributed by atoms with Gasteiger partial charge in [-0.15, -0.1) is 0 Å². The molecule has 0 unspecified atom stereocenters. The number of alkyl halides is 1. The number of aryl methyl sites for hydroxylation is 1. The van der Waals surface area contributed by atoms with E-state index >= 15 is 0 Å². The number of hydrogen-bond acceptors (Lipinski definition) is 5. The average molecular weight is 592 g/mol. The lowest BCUT2D eigenvalue weighted by Crippen LogP contribution is -2.39. The van der Waals surface area contributed by atoms with Gasteiger partial charge in [-0.1, -0.05) is 38.1 Å². The molecule has 0 saturated carbocycles. The maximum atomic E-state index is 14.0. The van der Waals surface area contributed by atoms with E-state index in [1.807, 2.05) is 31.2 Å². The summed E-state index contributed by atoms with van der Waals surface area (Å²) < 4.78 is 33.2. The SMILES string of the molecule is Cc1nc(CN2CCC(F)CC2)c(-c2ccc(OCCc3ccc(F)cc3)cc2)c(N2CCC(C)(C)CC2)c1CC(=O)O. The second-order valence-corrected chi connectivity index (χ2v) is 12.8. The fraction of sp³-hybridized carbons (Fsp3) is 0.486. The number of likely N-dealkylation sites (tertiary alicyclic amines) is 1. The third-order valence-electron chi connectivity index (χ3n) is 8.92. The van der Waals surface area contributed by atoms with Crippen molar-refractivity contribution in [2.45, 2.75) is 72.0 Å². The molecule has 0 amide bonds. The number of carbonyl (C=O) groups is 1. The summed E-state index contributed by atoms with van der Waals surface area (Å²) in [7, 11) is 0. The maximum absolute atomic E-state index is 14.0.